The fourth-order valence-electron chi connectivity index (χ4n) is 2.91. The molecule has 1 N–H and O–H groups in total. The van der Waals surface area contributed by atoms with Crippen molar-refractivity contribution in [2.24, 2.45) is 0 Å². The SMILES string of the molecule is CO.COC(=O)CCCC(=O)c1ccc(CBr)cc1.COC(=O)CCCCc1ccc(CBr)cc1. The Morgan fingerprint density at radius 1 is 0.657 bits per heavy atom. The van der Waals surface area contributed by atoms with Crippen molar-refractivity contribution >= 4 is 49.6 Å². The maximum Gasteiger partial charge on any atom is 0.305 e. The van der Waals surface area contributed by atoms with Crippen molar-refractivity contribution in [3.05, 3.63) is 70.8 Å². The number of hydrogen-bond donors (Lipinski definition) is 1. The summed E-state index contributed by atoms with van der Waals surface area (Å²) in [5, 5.41) is 8.68. The number of alkyl halides is 2. The molecule has 0 unspecified atom stereocenters. The molecular formula is C27H36Br2O6. The molecule has 2 aromatic carbocycles. The molecule has 194 valence electrons. The fraction of sp³-hybridized carbons (Fsp3) is 0.444. The third-order valence-electron chi connectivity index (χ3n) is 4.94. The molecule has 0 aromatic heterocycles. The van der Waals surface area contributed by atoms with Crippen LogP contribution in [0, 0.1) is 0 Å². The first-order chi connectivity index (χ1) is 16.9. The highest BCUT2D eigenvalue weighted by Gasteiger charge is 2.07. The summed E-state index contributed by atoms with van der Waals surface area (Å²) in [7, 11) is 3.78. The molecule has 35 heavy (non-hydrogen) atoms. The van der Waals surface area contributed by atoms with Gasteiger partial charge in [0, 0.05) is 42.6 Å². The molecule has 0 aliphatic heterocycles. The molecule has 0 fully saturated rings. The number of aliphatic hydroxyl groups is 1. The summed E-state index contributed by atoms with van der Waals surface area (Å²) in [4.78, 5) is 33.5. The molecule has 0 aliphatic rings. The molecule has 0 spiro atoms. The molecule has 2 aromatic rings. The lowest BCUT2D eigenvalue weighted by Gasteiger charge is -2.02. The minimum atomic E-state index is -0.271. The predicted octanol–water partition coefficient (Wildman–Crippen LogP) is 6.18. The van der Waals surface area contributed by atoms with Gasteiger partial charge in [-0.15, -0.1) is 0 Å². The van der Waals surface area contributed by atoms with Gasteiger partial charge in [-0.25, -0.2) is 0 Å². The first-order valence-electron chi connectivity index (χ1n) is 11.3. The number of Topliss-reactive ketones (excluding diaryl/α,β-unsaturated/α-hetero) is 1. The fourth-order valence-corrected chi connectivity index (χ4v) is 3.66. The number of aliphatic hydroxyl groups excluding tert-OH is 1. The smallest absolute Gasteiger partial charge is 0.305 e. The average molecular weight is 616 g/mol. The number of aryl methyl sites for hydroxylation is 1. The van der Waals surface area contributed by atoms with Crippen molar-refractivity contribution < 1.29 is 29.0 Å². The van der Waals surface area contributed by atoms with E-state index in [2.05, 4.69) is 65.6 Å². The van der Waals surface area contributed by atoms with Crippen LogP contribution in [0.1, 0.15) is 65.6 Å². The molecule has 0 saturated carbocycles. The Balaban J connectivity index is 0.000000618. The van der Waals surface area contributed by atoms with Crippen molar-refractivity contribution in [1.82, 2.24) is 0 Å². The van der Waals surface area contributed by atoms with Crippen molar-refractivity contribution in [2.45, 2.75) is 55.6 Å². The van der Waals surface area contributed by atoms with Crippen LogP contribution in [0.3, 0.4) is 0 Å². The Morgan fingerprint density at radius 3 is 1.54 bits per heavy atom. The second-order valence-electron chi connectivity index (χ2n) is 7.42. The number of carbonyl (C=O) groups excluding carboxylic acids is 3. The maximum atomic E-state index is 11.8. The van der Waals surface area contributed by atoms with Crippen LogP contribution >= 0.6 is 31.9 Å². The number of ether oxygens (including phenoxy) is 2. The number of methoxy groups -OCH3 is 2. The van der Waals surface area contributed by atoms with Gasteiger partial charge in [0.25, 0.3) is 0 Å². The summed E-state index contributed by atoms with van der Waals surface area (Å²) >= 11 is 6.77. The molecular weight excluding hydrogens is 580 g/mol. The van der Waals surface area contributed by atoms with Gasteiger partial charge in [0.05, 0.1) is 14.2 Å². The Hall–Kier alpha value is -2.03. The molecule has 0 atom stereocenters. The highest BCUT2D eigenvalue weighted by Crippen LogP contribution is 2.12. The van der Waals surface area contributed by atoms with Crippen molar-refractivity contribution in [1.29, 1.82) is 0 Å². The number of rotatable bonds is 12. The van der Waals surface area contributed by atoms with E-state index in [0.717, 1.165) is 42.6 Å². The van der Waals surface area contributed by atoms with Gasteiger partial charge >= 0.3 is 11.9 Å². The Bertz CT molecular complexity index is 851. The van der Waals surface area contributed by atoms with E-state index in [0.29, 0.717) is 31.2 Å². The number of benzene rings is 2. The summed E-state index contributed by atoms with van der Waals surface area (Å²) in [6.45, 7) is 0. The summed E-state index contributed by atoms with van der Waals surface area (Å²) in [6, 6.07) is 16.0. The normalized spacial score (nSPS) is 9.66. The van der Waals surface area contributed by atoms with E-state index >= 15 is 0 Å². The number of halogens is 2. The van der Waals surface area contributed by atoms with Crippen LogP contribution in [0.15, 0.2) is 48.5 Å². The monoisotopic (exact) mass is 614 g/mol. The molecule has 0 aliphatic carbocycles. The third-order valence-corrected chi connectivity index (χ3v) is 6.24. The summed E-state index contributed by atoms with van der Waals surface area (Å²) < 4.78 is 9.10. The maximum absolute atomic E-state index is 11.8. The van der Waals surface area contributed by atoms with Crippen LogP contribution in [-0.4, -0.2) is 44.2 Å². The van der Waals surface area contributed by atoms with E-state index in [1.807, 2.05) is 24.3 Å². The lowest BCUT2D eigenvalue weighted by molar-refractivity contribution is -0.141. The Morgan fingerprint density at radius 2 is 1.09 bits per heavy atom. The number of carbonyl (C=O) groups is 3. The minimum Gasteiger partial charge on any atom is -0.469 e. The highest BCUT2D eigenvalue weighted by atomic mass is 79.9. The molecule has 0 amide bonds. The predicted molar refractivity (Wildman–Crippen MR) is 146 cm³/mol. The van der Waals surface area contributed by atoms with E-state index in [1.54, 1.807) is 0 Å². The summed E-state index contributed by atoms with van der Waals surface area (Å²) in [5.41, 5.74) is 4.45. The number of hydrogen-bond acceptors (Lipinski definition) is 6. The highest BCUT2D eigenvalue weighted by molar-refractivity contribution is 9.08. The summed E-state index contributed by atoms with van der Waals surface area (Å²) in [5.74, 6) is -0.322. The van der Waals surface area contributed by atoms with Gasteiger partial charge in [0.1, 0.15) is 0 Å². The number of ketones is 1. The topological polar surface area (TPSA) is 89.9 Å². The van der Waals surface area contributed by atoms with Crippen LogP contribution in [0.25, 0.3) is 0 Å². The van der Waals surface area contributed by atoms with Gasteiger partial charge in [0.15, 0.2) is 5.78 Å². The van der Waals surface area contributed by atoms with Gasteiger partial charge in [-0.05, 0) is 42.4 Å². The Labute approximate surface area is 225 Å². The standard InChI is InChI=1S/C13H15BrO3.C13H17BrO2.CH4O/c1-17-13(16)4-2-3-12(15)11-7-5-10(9-14)6-8-11;1-16-13(15)5-3-2-4-11-6-8-12(10-14)9-7-11;1-2/h5-8H,2-4,9H2,1H3;6-9H,2-5,10H2,1H3;2H,1H3. The zero-order valence-electron chi connectivity index (χ0n) is 20.7. The van der Waals surface area contributed by atoms with Crippen molar-refractivity contribution in [2.75, 3.05) is 21.3 Å². The number of unbranched alkanes of at least 4 members (excludes halogenated alkanes) is 1. The average Bonchev–Trinajstić information content (AvgIpc) is 2.92. The zero-order valence-corrected chi connectivity index (χ0v) is 23.9. The molecule has 2 rings (SSSR count). The quantitative estimate of drug-likeness (QED) is 0.133. The van der Waals surface area contributed by atoms with Gasteiger partial charge in [0.2, 0.25) is 0 Å². The molecule has 0 heterocycles. The summed E-state index contributed by atoms with van der Waals surface area (Å²) in [6.07, 6.45) is 4.68. The molecule has 0 saturated heterocycles. The van der Waals surface area contributed by atoms with Gasteiger partial charge < -0.3 is 14.6 Å². The first kappa shape index (κ1) is 33.0. The van der Waals surface area contributed by atoms with Crippen molar-refractivity contribution in [3.63, 3.8) is 0 Å². The number of esters is 2. The van der Waals surface area contributed by atoms with Crippen LogP contribution in [0.4, 0.5) is 0 Å². The Kier molecular flexibility index (Phi) is 20.0. The van der Waals surface area contributed by atoms with E-state index in [4.69, 9.17) is 5.11 Å². The second-order valence-corrected chi connectivity index (χ2v) is 8.54. The molecule has 0 radical (unpaired) electrons. The third kappa shape index (κ3) is 15.6. The minimum absolute atomic E-state index is 0.0648. The van der Waals surface area contributed by atoms with Gasteiger partial charge in [-0.1, -0.05) is 80.4 Å². The zero-order chi connectivity index (χ0) is 26.5. The van der Waals surface area contributed by atoms with E-state index in [9.17, 15) is 14.4 Å². The second kappa shape index (κ2) is 21.3. The largest absolute Gasteiger partial charge is 0.469 e. The molecule has 8 heteroatoms. The van der Waals surface area contributed by atoms with E-state index < -0.39 is 0 Å². The van der Waals surface area contributed by atoms with Crippen molar-refractivity contribution in [3.8, 4) is 0 Å². The van der Waals surface area contributed by atoms with Gasteiger partial charge in [-0.3, -0.25) is 14.4 Å². The van der Waals surface area contributed by atoms with Gasteiger partial charge in [-0.2, -0.15) is 0 Å². The van der Waals surface area contributed by atoms with E-state index in [-0.39, 0.29) is 17.7 Å². The van der Waals surface area contributed by atoms with Crippen LogP contribution in [0.5, 0.6) is 0 Å². The lowest BCUT2D eigenvalue weighted by atomic mass is 10.0. The van der Waals surface area contributed by atoms with Crippen LogP contribution in [-0.2, 0) is 36.1 Å². The lowest BCUT2D eigenvalue weighted by Crippen LogP contribution is -2.03. The van der Waals surface area contributed by atoms with E-state index in [1.165, 1.54) is 25.3 Å². The van der Waals surface area contributed by atoms with Crippen LogP contribution < -0.4 is 0 Å². The van der Waals surface area contributed by atoms with Crippen LogP contribution in [0.2, 0.25) is 0 Å². The molecule has 0 bridgehead atoms. The molecule has 6 nitrogen and oxygen atoms in total. The first-order valence-corrected chi connectivity index (χ1v) is 13.6.